The summed E-state index contributed by atoms with van der Waals surface area (Å²) < 4.78 is 30.3. The summed E-state index contributed by atoms with van der Waals surface area (Å²) in [6.45, 7) is 1.91. The van der Waals surface area contributed by atoms with Crippen LogP contribution in [0.1, 0.15) is 10.4 Å². The lowest BCUT2D eigenvalue weighted by molar-refractivity contribution is 0.0742. The predicted molar refractivity (Wildman–Crippen MR) is 127 cm³/mol. The molecule has 34 heavy (non-hydrogen) atoms. The van der Waals surface area contributed by atoms with Crippen molar-refractivity contribution in [1.29, 1.82) is 0 Å². The van der Waals surface area contributed by atoms with Crippen LogP contribution >= 0.6 is 11.6 Å². The third-order valence-corrected chi connectivity index (χ3v) is 5.99. The lowest BCUT2D eigenvalue weighted by atomic mass is 10.1. The van der Waals surface area contributed by atoms with Gasteiger partial charge in [0, 0.05) is 31.7 Å². The Bertz CT molecular complexity index is 1140. The van der Waals surface area contributed by atoms with E-state index < -0.39 is 11.7 Å². The molecule has 4 rings (SSSR count). The number of benzene rings is 2. The largest absolute Gasteiger partial charge is 0.493 e. The molecule has 0 N–H and O–H groups in total. The summed E-state index contributed by atoms with van der Waals surface area (Å²) >= 11 is 6.05. The third-order valence-electron chi connectivity index (χ3n) is 5.68. The highest BCUT2D eigenvalue weighted by Crippen LogP contribution is 2.40. The van der Waals surface area contributed by atoms with E-state index in [4.69, 9.17) is 25.8 Å². The molecule has 10 heteroatoms. The minimum atomic E-state index is -0.617. The van der Waals surface area contributed by atoms with Crippen LogP contribution in [0.4, 0.5) is 10.2 Å². The van der Waals surface area contributed by atoms with Gasteiger partial charge in [0.05, 0.1) is 37.6 Å². The standard InChI is InChI=1S/C24H24ClFN4O4/c1-32-19-13-15(14-20(33-2)23(19)34-3)18-7-8-21(28-27-18)29-9-11-30(12-10-29)24(31)22-16(25)5-4-6-17(22)26/h4-8,13-14H,9-12H2,1-3H3. The number of carbonyl (C=O) groups is 1. The zero-order valence-electron chi connectivity index (χ0n) is 19.0. The van der Waals surface area contributed by atoms with Gasteiger partial charge >= 0.3 is 0 Å². The first-order valence-corrected chi connectivity index (χ1v) is 11.0. The first kappa shape index (κ1) is 23.6. The summed E-state index contributed by atoms with van der Waals surface area (Å²) in [5.41, 5.74) is 1.32. The number of hydrogen-bond donors (Lipinski definition) is 0. The van der Waals surface area contributed by atoms with Crippen LogP contribution in [0.3, 0.4) is 0 Å². The number of halogens is 2. The number of methoxy groups -OCH3 is 3. The number of ether oxygens (including phenoxy) is 3. The first-order valence-electron chi connectivity index (χ1n) is 10.6. The van der Waals surface area contributed by atoms with Gasteiger partial charge in [-0.2, -0.15) is 0 Å². The Balaban J connectivity index is 1.46. The van der Waals surface area contributed by atoms with Crippen LogP contribution in [-0.4, -0.2) is 68.5 Å². The molecule has 0 radical (unpaired) electrons. The minimum absolute atomic E-state index is 0.0906. The van der Waals surface area contributed by atoms with Gasteiger partial charge in [-0.3, -0.25) is 4.79 Å². The van der Waals surface area contributed by atoms with Crippen molar-refractivity contribution >= 4 is 23.3 Å². The second-order valence-corrected chi connectivity index (χ2v) is 7.97. The molecule has 0 unspecified atom stereocenters. The predicted octanol–water partition coefficient (Wildman–Crippen LogP) is 3.92. The Morgan fingerprint density at radius 1 is 0.941 bits per heavy atom. The van der Waals surface area contributed by atoms with Crippen molar-refractivity contribution in [3.8, 4) is 28.5 Å². The van der Waals surface area contributed by atoms with Crippen molar-refractivity contribution in [2.24, 2.45) is 0 Å². The quantitative estimate of drug-likeness (QED) is 0.522. The Labute approximate surface area is 201 Å². The van der Waals surface area contributed by atoms with Gasteiger partial charge in [0.25, 0.3) is 5.91 Å². The molecule has 0 atom stereocenters. The van der Waals surface area contributed by atoms with Crippen molar-refractivity contribution in [3.05, 3.63) is 58.9 Å². The molecule has 2 aromatic carbocycles. The molecule has 1 fully saturated rings. The van der Waals surface area contributed by atoms with E-state index in [0.29, 0.717) is 54.9 Å². The number of carbonyl (C=O) groups excluding carboxylic acids is 1. The molecule has 1 saturated heterocycles. The maximum absolute atomic E-state index is 14.1. The molecule has 2 heterocycles. The monoisotopic (exact) mass is 486 g/mol. The van der Waals surface area contributed by atoms with Crippen molar-refractivity contribution < 1.29 is 23.4 Å². The SMILES string of the molecule is COc1cc(-c2ccc(N3CCN(C(=O)c4c(F)cccc4Cl)CC3)nn2)cc(OC)c1OC. The highest BCUT2D eigenvalue weighted by atomic mass is 35.5. The number of aromatic nitrogens is 2. The molecule has 1 amide bonds. The Kier molecular flexibility index (Phi) is 7.02. The lowest BCUT2D eigenvalue weighted by Crippen LogP contribution is -2.49. The smallest absolute Gasteiger partial charge is 0.258 e. The number of nitrogens with zero attached hydrogens (tertiary/aromatic N) is 4. The van der Waals surface area contributed by atoms with Crippen LogP contribution in [0.25, 0.3) is 11.3 Å². The zero-order valence-corrected chi connectivity index (χ0v) is 19.8. The maximum atomic E-state index is 14.1. The van der Waals surface area contributed by atoms with Crippen LogP contribution < -0.4 is 19.1 Å². The highest BCUT2D eigenvalue weighted by Gasteiger charge is 2.26. The van der Waals surface area contributed by atoms with Crippen molar-refractivity contribution in [1.82, 2.24) is 15.1 Å². The van der Waals surface area contributed by atoms with Gasteiger partial charge in [0.15, 0.2) is 17.3 Å². The molecular weight excluding hydrogens is 463 g/mol. The fourth-order valence-electron chi connectivity index (χ4n) is 3.88. The number of hydrogen-bond acceptors (Lipinski definition) is 7. The van der Waals surface area contributed by atoms with Crippen molar-refractivity contribution in [2.45, 2.75) is 0 Å². The fourth-order valence-corrected chi connectivity index (χ4v) is 4.12. The Morgan fingerprint density at radius 2 is 1.62 bits per heavy atom. The maximum Gasteiger partial charge on any atom is 0.258 e. The fraction of sp³-hybridized carbons (Fsp3) is 0.292. The van der Waals surface area contributed by atoms with Gasteiger partial charge in [-0.15, -0.1) is 10.2 Å². The summed E-state index contributed by atoms with van der Waals surface area (Å²) in [6, 6.07) is 11.6. The molecule has 0 spiro atoms. The first-order chi connectivity index (χ1) is 16.5. The number of amides is 1. The zero-order chi connectivity index (χ0) is 24.2. The van der Waals surface area contributed by atoms with E-state index >= 15 is 0 Å². The number of rotatable bonds is 6. The van der Waals surface area contributed by atoms with E-state index in [2.05, 4.69) is 10.2 Å². The van der Waals surface area contributed by atoms with Gasteiger partial charge in [0.2, 0.25) is 5.75 Å². The second kappa shape index (κ2) is 10.1. The molecule has 178 valence electrons. The van der Waals surface area contributed by atoms with Gasteiger partial charge < -0.3 is 24.0 Å². The Hall–Kier alpha value is -3.59. The summed E-state index contributed by atoms with van der Waals surface area (Å²) in [7, 11) is 4.66. The normalized spacial score (nSPS) is 13.6. The van der Waals surface area contributed by atoms with Crippen molar-refractivity contribution in [2.75, 3.05) is 52.4 Å². The average Bonchev–Trinajstić information content (AvgIpc) is 2.87. The van der Waals surface area contributed by atoms with E-state index in [1.165, 1.54) is 18.2 Å². The topological polar surface area (TPSA) is 77.0 Å². The average molecular weight is 487 g/mol. The van der Waals surface area contributed by atoms with Crippen LogP contribution in [0.5, 0.6) is 17.2 Å². The lowest BCUT2D eigenvalue weighted by Gasteiger charge is -2.35. The van der Waals surface area contributed by atoms with Gasteiger partial charge in [-0.05, 0) is 36.4 Å². The third kappa shape index (κ3) is 4.56. The number of piperazine rings is 1. The highest BCUT2D eigenvalue weighted by molar-refractivity contribution is 6.33. The molecule has 0 bridgehead atoms. The van der Waals surface area contributed by atoms with E-state index in [9.17, 15) is 9.18 Å². The van der Waals surface area contributed by atoms with E-state index in [1.54, 1.807) is 26.2 Å². The summed E-state index contributed by atoms with van der Waals surface area (Å²) in [4.78, 5) is 16.4. The van der Waals surface area contributed by atoms with Gasteiger partial charge in [-0.1, -0.05) is 17.7 Å². The van der Waals surface area contributed by atoms with E-state index in [1.807, 2.05) is 29.2 Å². The second-order valence-electron chi connectivity index (χ2n) is 7.57. The molecule has 8 nitrogen and oxygen atoms in total. The molecular formula is C24H24ClFN4O4. The van der Waals surface area contributed by atoms with E-state index in [0.717, 1.165) is 5.56 Å². The van der Waals surface area contributed by atoms with E-state index in [-0.39, 0.29) is 10.6 Å². The number of anilines is 1. The van der Waals surface area contributed by atoms with Crippen LogP contribution in [0, 0.1) is 5.82 Å². The molecule has 1 aliphatic heterocycles. The molecule has 1 aromatic heterocycles. The van der Waals surface area contributed by atoms with Crippen LogP contribution in [0.15, 0.2) is 42.5 Å². The minimum Gasteiger partial charge on any atom is -0.493 e. The molecule has 3 aromatic rings. The van der Waals surface area contributed by atoms with Crippen molar-refractivity contribution in [3.63, 3.8) is 0 Å². The summed E-state index contributed by atoms with van der Waals surface area (Å²) in [5, 5.41) is 8.84. The van der Waals surface area contributed by atoms with Gasteiger partial charge in [-0.25, -0.2) is 4.39 Å². The molecule has 0 saturated carbocycles. The van der Waals surface area contributed by atoms with Crippen LogP contribution in [-0.2, 0) is 0 Å². The van der Waals surface area contributed by atoms with Crippen LogP contribution in [0.2, 0.25) is 5.02 Å². The summed E-state index contributed by atoms with van der Waals surface area (Å²) in [5.74, 6) is 1.21. The Morgan fingerprint density at radius 3 is 2.15 bits per heavy atom. The summed E-state index contributed by atoms with van der Waals surface area (Å²) in [6.07, 6.45) is 0. The van der Waals surface area contributed by atoms with Gasteiger partial charge in [0.1, 0.15) is 5.82 Å². The molecule has 0 aliphatic carbocycles. The molecule has 1 aliphatic rings.